The number of pyridine rings is 1. The molecule has 13 heavy (non-hydrogen) atoms. The molecule has 0 N–H and O–H groups in total. The third-order valence-electron chi connectivity index (χ3n) is 1.41. The van der Waals surface area contributed by atoms with Crippen LogP contribution in [-0.2, 0) is 0 Å². The van der Waals surface area contributed by atoms with Gasteiger partial charge >= 0.3 is 0 Å². The number of ether oxygens (including phenoxy) is 2. The molecule has 0 atom stereocenters. The van der Waals surface area contributed by atoms with Crippen LogP contribution >= 0.6 is 0 Å². The third-order valence-corrected chi connectivity index (χ3v) is 1.41. The van der Waals surface area contributed by atoms with E-state index in [-0.39, 0.29) is 0 Å². The molecule has 0 spiro atoms. The van der Waals surface area contributed by atoms with Gasteiger partial charge in [-0.2, -0.15) is 0 Å². The Balaban J connectivity index is 2.67. The molecule has 0 amide bonds. The van der Waals surface area contributed by atoms with Crippen LogP contribution in [0.15, 0.2) is 18.3 Å². The summed E-state index contributed by atoms with van der Waals surface area (Å²) in [4.78, 5) is 3.98. The van der Waals surface area contributed by atoms with Crippen LogP contribution in [0.3, 0.4) is 0 Å². The Morgan fingerprint density at radius 3 is 3.08 bits per heavy atom. The summed E-state index contributed by atoms with van der Waals surface area (Å²) in [5.41, 5.74) is 0. The molecule has 0 aromatic carbocycles. The zero-order chi connectivity index (χ0) is 9.52. The number of hydrogen-bond donors (Lipinski definition) is 0. The van der Waals surface area contributed by atoms with E-state index in [9.17, 15) is 0 Å². The highest BCUT2D eigenvalue weighted by molar-refractivity contribution is 5.32. The molecule has 0 saturated heterocycles. The lowest BCUT2D eigenvalue weighted by Crippen LogP contribution is -1.97. The molecule has 1 heterocycles. The summed E-state index contributed by atoms with van der Waals surface area (Å²) in [6.45, 7) is 2.13. The van der Waals surface area contributed by atoms with Crippen molar-refractivity contribution < 1.29 is 9.47 Å². The number of aromatic nitrogens is 1. The summed E-state index contributed by atoms with van der Waals surface area (Å²) in [5.74, 6) is 6.64. The lowest BCUT2D eigenvalue weighted by molar-refractivity contribution is 0.322. The maximum absolute atomic E-state index is 5.31. The van der Waals surface area contributed by atoms with Crippen molar-refractivity contribution in [3.05, 3.63) is 18.3 Å². The smallest absolute Gasteiger partial charge is 0.256 e. The van der Waals surface area contributed by atoms with E-state index in [4.69, 9.17) is 9.47 Å². The van der Waals surface area contributed by atoms with Crippen molar-refractivity contribution in [3.8, 4) is 23.5 Å². The van der Waals surface area contributed by atoms with Crippen molar-refractivity contribution in [1.82, 2.24) is 4.98 Å². The molecule has 0 radical (unpaired) electrons. The molecule has 1 aromatic heterocycles. The molecule has 0 fully saturated rings. The lowest BCUT2D eigenvalue weighted by Gasteiger charge is -2.05. The van der Waals surface area contributed by atoms with E-state index in [1.807, 2.05) is 0 Å². The summed E-state index contributed by atoms with van der Waals surface area (Å²) >= 11 is 0. The van der Waals surface area contributed by atoms with Crippen molar-refractivity contribution in [3.63, 3.8) is 0 Å². The van der Waals surface area contributed by atoms with Gasteiger partial charge < -0.3 is 9.47 Å². The molecule has 1 aromatic rings. The van der Waals surface area contributed by atoms with Crippen molar-refractivity contribution in [2.45, 2.75) is 6.92 Å². The van der Waals surface area contributed by atoms with Gasteiger partial charge in [0.05, 0.1) is 7.11 Å². The Morgan fingerprint density at radius 1 is 1.54 bits per heavy atom. The predicted molar refractivity (Wildman–Crippen MR) is 49.7 cm³/mol. The number of hydrogen-bond acceptors (Lipinski definition) is 3. The van der Waals surface area contributed by atoms with Gasteiger partial charge in [0.1, 0.15) is 6.61 Å². The van der Waals surface area contributed by atoms with E-state index >= 15 is 0 Å². The Hall–Kier alpha value is -1.69. The van der Waals surface area contributed by atoms with Crippen LogP contribution in [0.25, 0.3) is 0 Å². The molecule has 0 bridgehead atoms. The molecule has 1 rings (SSSR count). The van der Waals surface area contributed by atoms with E-state index in [0.717, 1.165) is 0 Å². The largest absolute Gasteiger partial charge is 0.478 e. The van der Waals surface area contributed by atoms with Crippen molar-refractivity contribution >= 4 is 0 Å². The average molecular weight is 177 g/mol. The summed E-state index contributed by atoms with van der Waals surface area (Å²) in [7, 11) is 1.56. The summed E-state index contributed by atoms with van der Waals surface area (Å²) in [5, 5.41) is 0. The monoisotopic (exact) mass is 177 g/mol. The van der Waals surface area contributed by atoms with Gasteiger partial charge in [0, 0.05) is 6.20 Å². The van der Waals surface area contributed by atoms with E-state index < -0.39 is 0 Å². The number of methoxy groups -OCH3 is 1. The summed E-state index contributed by atoms with van der Waals surface area (Å²) in [6, 6.07) is 3.58. The molecule has 3 nitrogen and oxygen atoms in total. The Labute approximate surface area is 77.7 Å². The molecular weight excluding hydrogens is 166 g/mol. The lowest BCUT2D eigenvalue weighted by atomic mass is 10.4. The maximum Gasteiger partial charge on any atom is 0.256 e. The number of nitrogens with zero attached hydrogens (tertiary/aromatic N) is 1. The number of rotatable bonds is 3. The second kappa shape index (κ2) is 5.04. The Bertz CT molecular complexity index is 325. The molecule has 0 saturated carbocycles. The normalized spacial score (nSPS) is 8.46. The maximum atomic E-state index is 5.31. The van der Waals surface area contributed by atoms with Crippen molar-refractivity contribution in [2.24, 2.45) is 0 Å². The van der Waals surface area contributed by atoms with Gasteiger partial charge in [-0.05, 0) is 19.1 Å². The van der Waals surface area contributed by atoms with Crippen molar-refractivity contribution in [1.29, 1.82) is 0 Å². The second-order valence-electron chi connectivity index (χ2n) is 2.23. The highest BCUT2D eigenvalue weighted by Crippen LogP contribution is 2.22. The van der Waals surface area contributed by atoms with Gasteiger partial charge in [-0.25, -0.2) is 4.98 Å². The Morgan fingerprint density at radius 2 is 2.38 bits per heavy atom. The van der Waals surface area contributed by atoms with Crippen LogP contribution in [0.1, 0.15) is 6.92 Å². The van der Waals surface area contributed by atoms with Crippen LogP contribution in [0, 0.1) is 11.8 Å². The molecule has 68 valence electrons. The third kappa shape index (κ3) is 2.68. The van der Waals surface area contributed by atoms with E-state index in [0.29, 0.717) is 18.2 Å². The SMILES string of the molecule is CC#CCOc1cccnc1OC. The first kappa shape index (κ1) is 9.40. The van der Waals surface area contributed by atoms with Gasteiger partial charge in [0.2, 0.25) is 0 Å². The highest BCUT2D eigenvalue weighted by Gasteiger charge is 2.01. The minimum absolute atomic E-state index is 0.360. The average Bonchev–Trinajstić information content (AvgIpc) is 2.19. The van der Waals surface area contributed by atoms with Gasteiger partial charge in [-0.15, -0.1) is 5.92 Å². The minimum atomic E-state index is 0.360. The fourth-order valence-corrected chi connectivity index (χ4v) is 0.825. The first-order chi connectivity index (χ1) is 6.38. The van der Waals surface area contributed by atoms with E-state index in [1.165, 1.54) is 0 Å². The fourth-order valence-electron chi connectivity index (χ4n) is 0.825. The standard InChI is InChI=1S/C10H11NO2/c1-3-4-8-13-9-6-5-7-11-10(9)12-2/h5-7H,8H2,1-2H3. The van der Waals surface area contributed by atoms with Gasteiger partial charge in [-0.1, -0.05) is 5.92 Å². The van der Waals surface area contributed by atoms with Crippen LogP contribution < -0.4 is 9.47 Å². The summed E-state index contributed by atoms with van der Waals surface area (Å²) in [6.07, 6.45) is 1.65. The molecular formula is C10H11NO2. The minimum Gasteiger partial charge on any atom is -0.478 e. The van der Waals surface area contributed by atoms with E-state index in [1.54, 1.807) is 32.4 Å². The van der Waals surface area contributed by atoms with Crippen LogP contribution in [-0.4, -0.2) is 18.7 Å². The van der Waals surface area contributed by atoms with Gasteiger partial charge in [-0.3, -0.25) is 0 Å². The summed E-state index contributed by atoms with van der Waals surface area (Å²) < 4.78 is 10.3. The van der Waals surface area contributed by atoms with Gasteiger partial charge in [0.15, 0.2) is 5.75 Å². The molecule has 0 aliphatic heterocycles. The van der Waals surface area contributed by atoms with Gasteiger partial charge in [0.25, 0.3) is 5.88 Å². The Kier molecular flexibility index (Phi) is 3.65. The zero-order valence-corrected chi connectivity index (χ0v) is 7.70. The quantitative estimate of drug-likeness (QED) is 0.655. The van der Waals surface area contributed by atoms with Crippen LogP contribution in [0.4, 0.5) is 0 Å². The fraction of sp³-hybridized carbons (Fsp3) is 0.300. The molecule has 3 heteroatoms. The first-order valence-electron chi connectivity index (χ1n) is 3.90. The second-order valence-corrected chi connectivity index (χ2v) is 2.23. The van der Waals surface area contributed by atoms with Crippen LogP contribution in [0.2, 0.25) is 0 Å². The van der Waals surface area contributed by atoms with Crippen molar-refractivity contribution in [2.75, 3.05) is 13.7 Å². The zero-order valence-electron chi connectivity index (χ0n) is 7.70. The molecule has 0 aliphatic rings. The van der Waals surface area contributed by atoms with E-state index in [2.05, 4.69) is 16.8 Å². The topological polar surface area (TPSA) is 31.4 Å². The molecule has 0 aliphatic carbocycles. The first-order valence-corrected chi connectivity index (χ1v) is 3.90. The highest BCUT2D eigenvalue weighted by atomic mass is 16.5. The molecule has 0 unspecified atom stereocenters. The predicted octanol–water partition coefficient (Wildman–Crippen LogP) is 1.49. The van der Waals surface area contributed by atoms with Crippen LogP contribution in [0.5, 0.6) is 11.6 Å².